The van der Waals surface area contributed by atoms with Gasteiger partial charge in [-0.15, -0.1) is 16.4 Å². The van der Waals surface area contributed by atoms with Crippen LogP contribution in [-0.4, -0.2) is 24.8 Å². The molecule has 0 bridgehead atoms. The van der Waals surface area contributed by atoms with Crippen LogP contribution < -0.4 is 5.56 Å². The van der Waals surface area contributed by atoms with Gasteiger partial charge in [0.2, 0.25) is 5.78 Å². The highest BCUT2D eigenvalue weighted by Crippen LogP contribution is 2.38. The Morgan fingerprint density at radius 1 is 1.23 bits per heavy atom. The van der Waals surface area contributed by atoms with Crippen LogP contribution in [0.25, 0.3) is 21.7 Å². The summed E-state index contributed by atoms with van der Waals surface area (Å²) in [7, 11) is 0. The van der Waals surface area contributed by atoms with Crippen LogP contribution in [-0.2, 0) is 30.4 Å². The normalized spacial score (nSPS) is 16.2. The zero-order valence-corrected chi connectivity index (χ0v) is 15.9. The van der Waals surface area contributed by atoms with Crippen molar-refractivity contribution in [2.75, 3.05) is 0 Å². The number of hydrogen-bond acceptors (Lipinski definition) is 6. The fourth-order valence-electron chi connectivity index (χ4n) is 3.51. The highest BCUT2D eigenvalue weighted by atomic mass is 32.1. The van der Waals surface area contributed by atoms with Crippen molar-refractivity contribution in [2.45, 2.75) is 37.6 Å². The first kappa shape index (κ1) is 15.9. The second-order valence-corrected chi connectivity index (χ2v) is 8.45. The van der Waals surface area contributed by atoms with E-state index in [0.717, 1.165) is 21.0 Å². The maximum absolute atomic E-state index is 13.5. The molecule has 26 heavy (non-hydrogen) atoms. The maximum atomic E-state index is 13.5. The van der Waals surface area contributed by atoms with E-state index in [2.05, 4.69) is 10.2 Å². The third-order valence-corrected chi connectivity index (χ3v) is 6.17. The molecular weight excluding hydrogens is 368 g/mol. The van der Waals surface area contributed by atoms with Crippen LogP contribution in [0.4, 0.5) is 0 Å². The molecule has 0 radical (unpaired) electrons. The van der Waals surface area contributed by atoms with E-state index < -0.39 is 0 Å². The van der Waals surface area contributed by atoms with Crippen LogP contribution in [0.3, 0.4) is 0 Å². The van der Waals surface area contributed by atoms with Gasteiger partial charge in [-0.05, 0) is 31.5 Å². The lowest BCUT2D eigenvalue weighted by Gasteiger charge is -2.29. The minimum Gasteiger partial charge on any atom is -0.740 e. The van der Waals surface area contributed by atoms with E-state index in [1.54, 1.807) is 20.3 Å². The zero-order chi connectivity index (χ0) is 18.1. The summed E-state index contributed by atoms with van der Waals surface area (Å²) in [5.74, 6) is 0.442. The number of rotatable bonds is 1. The summed E-state index contributed by atoms with van der Waals surface area (Å²) < 4.78 is 9.33. The molecular formula is C18H15N4O2S2-. The van der Waals surface area contributed by atoms with Crippen LogP contribution >= 0.6 is 11.3 Å². The standard InChI is InChI=1S/C18H16N4O2S2/c1-18(2)8-11-12(9-24-18)26-15-13(11)14(23)21(10-6-4-3-5-7-10)16-19-20-17(25)22(15)16/h3-7H,8-9H2,1-2H3,(H,20,25)/p-1. The largest absolute Gasteiger partial charge is 0.740 e. The molecule has 5 rings (SSSR count). The van der Waals surface area contributed by atoms with Gasteiger partial charge in [-0.1, -0.05) is 18.2 Å². The molecule has 8 heteroatoms. The van der Waals surface area contributed by atoms with Crippen molar-refractivity contribution in [3.8, 4) is 5.69 Å². The van der Waals surface area contributed by atoms with Crippen LogP contribution in [0.2, 0.25) is 0 Å². The van der Waals surface area contributed by atoms with Crippen molar-refractivity contribution in [2.24, 2.45) is 0 Å². The SMILES string of the molecule is CC1(C)Cc2c(sc3c2c(=O)n(-c2ccccc2)c2nnc([S-])n32)CO1. The van der Waals surface area contributed by atoms with Gasteiger partial charge in [0.25, 0.3) is 5.56 Å². The molecule has 3 aromatic heterocycles. The molecule has 4 aromatic rings. The molecule has 0 saturated carbocycles. The third-order valence-electron chi connectivity index (χ3n) is 4.72. The Bertz CT molecular complexity index is 1220. The number of ether oxygens (including phenoxy) is 1. The van der Waals surface area contributed by atoms with Crippen molar-refractivity contribution >= 4 is 40.0 Å². The minimum atomic E-state index is -0.302. The molecule has 0 aliphatic carbocycles. The fourth-order valence-corrected chi connectivity index (χ4v) is 5.01. The summed E-state index contributed by atoms with van der Waals surface area (Å²) in [6, 6.07) is 9.48. The highest BCUT2D eigenvalue weighted by Gasteiger charge is 2.31. The number of fused-ring (bicyclic) bond motifs is 5. The molecule has 1 aliphatic heterocycles. The molecule has 0 N–H and O–H groups in total. The van der Waals surface area contributed by atoms with E-state index in [-0.39, 0.29) is 11.2 Å². The maximum Gasteiger partial charge on any atom is 0.268 e. The van der Waals surface area contributed by atoms with Crippen LogP contribution in [0, 0.1) is 0 Å². The molecule has 0 unspecified atom stereocenters. The number of benzene rings is 1. The van der Waals surface area contributed by atoms with Crippen LogP contribution in [0.5, 0.6) is 0 Å². The van der Waals surface area contributed by atoms with Crippen molar-refractivity contribution in [3.05, 3.63) is 51.1 Å². The quantitative estimate of drug-likeness (QED) is 0.473. The molecule has 6 nitrogen and oxygen atoms in total. The summed E-state index contributed by atoms with van der Waals surface area (Å²) in [6.07, 6.45) is 0.687. The number of nitrogens with zero attached hydrogens (tertiary/aromatic N) is 4. The van der Waals surface area contributed by atoms with Crippen molar-refractivity contribution < 1.29 is 4.74 Å². The van der Waals surface area contributed by atoms with E-state index in [1.807, 2.05) is 44.2 Å². The Hall–Kier alpha value is -2.29. The van der Waals surface area contributed by atoms with E-state index in [9.17, 15) is 4.79 Å². The Morgan fingerprint density at radius 2 is 2.00 bits per heavy atom. The van der Waals surface area contributed by atoms with Gasteiger partial charge in [0, 0.05) is 16.5 Å². The summed E-state index contributed by atoms with van der Waals surface area (Å²) in [5.41, 5.74) is 1.42. The van der Waals surface area contributed by atoms with Crippen LogP contribution in [0.15, 0.2) is 40.3 Å². The van der Waals surface area contributed by atoms with Gasteiger partial charge in [-0.25, -0.2) is 4.57 Å². The average molecular weight is 383 g/mol. The van der Waals surface area contributed by atoms with Crippen molar-refractivity contribution in [1.82, 2.24) is 19.2 Å². The van der Waals surface area contributed by atoms with Gasteiger partial charge in [-0.3, -0.25) is 9.20 Å². The molecule has 0 amide bonds. The number of para-hydroxylation sites is 1. The second-order valence-electron chi connectivity index (χ2n) is 7.00. The van der Waals surface area contributed by atoms with Crippen LogP contribution in [0.1, 0.15) is 24.3 Å². The Morgan fingerprint density at radius 3 is 2.77 bits per heavy atom. The molecule has 1 aromatic carbocycles. The second kappa shape index (κ2) is 5.35. The van der Waals surface area contributed by atoms with Crippen molar-refractivity contribution in [1.29, 1.82) is 0 Å². The van der Waals surface area contributed by atoms with Gasteiger partial charge < -0.3 is 17.4 Å². The molecule has 0 saturated heterocycles. The predicted octanol–water partition coefficient (Wildman–Crippen LogP) is 2.85. The lowest BCUT2D eigenvalue weighted by atomic mass is 9.94. The average Bonchev–Trinajstić information content (AvgIpc) is 3.16. The van der Waals surface area contributed by atoms with Gasteiger partial charge in [0.05, 0.1) is 23.3 Å². The summed E-state index contributed by atoms with van der Waals surface area (Å²) >= 11 is 6.95. The first-order valence-corrected chi connectivity index (χ1v) is 9.49. The van der Waals surface area contributed by atoms with Gasteiger partial charge in [0.15, 0.2) is 0 Å². The molecule has 0 fully saturated rings. The number of hydrogen-bond donors (Lipinski definition) is 0. The monoisotopic (exact) mass is 383 g/mol. The number of aromatic nitrogens is 4. The summed E-state index contributed by atoms with van der Waals surface area (Å²) in [6.45, 7) is 4.60. The fraction of sp³-hybridized carbons (Fsp3) is 0.278. The topological polar surface area (TPSA) is 61.4 Å². The number of thiophene rings is 1. The van der Waals surface area contributed by atoms with E-state index in [4.69, 9.17) is 17.4 Å². The smallest absolute Gasteiger partial charge is 0.268 e. The molecule has 4 heterocycles. The van der Waals surface area contributed by atoms with Gasteiger partial charge >= 0.3 is 0 Å². The Labute approximate surface area is 158 Å². The third kappa shape index (κ3) is 2.16. The zero-order valence-electron chi connectivity index (χ0n) is 14.2. The highest BCUT2D eigenvalue weighted by molar-refractivity contribution is 7.58. The molecule has 1 aliphatic rings. The molecule has 0 spiro atoms. The van der Waals surface area contributed by atoms with E-state index in [1.165, 1.54) is 0 Å². The summed E-state index contributed by atoms with van der Waals surface area (Å²) in [5, 5.41) is 9.29. The molecule has 0 atom stereocenters. The van der Waals surface area contributed by atoms with Gasteiger partial charge in [-0.2, -0.15) is 5.10 Å². The Balaban J connectivity index is 1.97. The van der Waals surface area contributed by atoms with Gasteiger partial charge in [0.1, 0.15) is 4.83 Å². The van der Waals surface area contributed by atoms with E-state index >= 15 is 0 Å². The minimum absolute atomic E-state index is 0.0868. The predicted molar refractivity (Wildman–Crippen MR) is 102 cm³/mol. The van der Waals surface area contributed by atoms with Crippen molar-refractivity contribution in [3.63, 3.8) is 0 Å². The first-order chi connectivity index (χ1) is 12.5. The lowest BCUT2D eigenvalue weighted by molar-refractivity contribution is -0.0379. The molecule has 132 valence electrons. The Kier molecular flexibility index (Phi) is 3.28. The van der Waals surface area contributed by atoms with E-state index in [0.29, 0.717) is 29.3 Å². The summed E-state index contributed by atoms with van der Waals surface area (Å²) in [4.78, 5) is 15.4. The lowest BCUT2D eigenvalue weighted by Crippen LogP contribution is -2.32. The first-order valence-electron chi connectivity index (χ1n) is 8.27.